The van der Waals surface area contributed by atoms with Crippen LogP contribution < -0.4 is 0 Å². The summed E-state index contributed by atoms with van der Waals surface area (Å²) in [6, 6.07) is 6.89. The van der Waals surface area contributed by atoms with E-state index in [0.29, 0.717) is 28.7 Å². The standard InChI is InChI=1S/C13H14Cl2N2O/c1-3-17(8-9(2)7-16)13(18)10-4-5-11(14)12(15)6-10/h4-6,9H,3,8H2,1-2H3. The first-order chi connectivity index (χ1) is 8.49. The highest BCUT2D eigenvalue weighted by molar-refractivity contribution is 6.42. The third-order valence-corrected chi connectivity index (χ3v) is 3.29. The van der Waals surface area contributed by atoms with Crippen molar-refractivity contribution in [3.63, 3.8) is 0 Å². The Balaban J connectivity index is 2.90. The molecule has 18 heavy (non-hydrogen) atoms. The van der Waals surface area contributed by atoms with E-state index in [4.69, 9.17) is 28.5 Å². The van der Waals surface area contributed by atoms with Crippen molar-refractivity contribution >= 4 is 29.1 Å². The van der Waals surface area contributed by atoms with Gasteiger partial charge in [0.1, 0.15) is 0 Å². The number of rotatable bonds is 4. The zero-order chi connectivity index (χ0) is 13.7. The molecule has 0 N–H and O–H groups in total. The van der Waals surface area contributed by atoms with Crippen LogP contribution in [0.2, 0.25) is 10.0 Å². The molecule has 0 saturated heterocycles. The highest BCUT2D eigenvalue weighted by Gasteiger charge is 2.17. The van der Waals surface area contributed by atoms with Crippen molar-refractivity contribution in [1.29, 1.82) is 5.26 Å². The van der Waals surface area contributed by atoms with Crippen molar-refractivity contribution < 1.29 is 4.79 Å². The summed E-state index contributed by atoms with van der Waals surface area (Å²) in [6.07, 6.45) is 0. The maximum atomic E-state index is 12.2. The predicted molar refractivity (Wildman–Crippen MR) is 72.8 cm³/mol. The van der Waals surface area contributed by atoms with Gasteiger partial charge in [0.25, 0.3) is 5.91 Å². The molecule has 1 rings (SSSR count). The van der Waals surface area contributed by atoms with Crippen LogP contribution in [0.25, 0.3) is 0 Å². The van der Waals surface area contributed by atoms with Gasteiger partial charge in [-0.2, -0.15) is 5.26 Å². The number of benzene rings is 1. The molecule has 0 saturated carbocycles. The lowest BCUT2D eigenvalue weighted by molar-refractivity contribution is 0.0752. The van der Waals surface area contributed by atoms with E-state index in [2.05, 4.69) is 6.07 Å². The zero-order valence-corrected chi connectivity index (χ0v) is 11.8. The molecule has 5 heteroatoms. The number of hydrogen-bond acceptors (Lipinski definition) is 2. The average molecular weight is 285 g/mol. The van der Waals surface area contributed by atoms with Crippen LogP contribution in [0, 0.1) is 17.2 Å². The molecule has 1 amide bonds. The molecule has 0 bridgehead atoms. The third kappa shape index (κ3) is 3.63. The number of carbonyl (C=O) groups excluding carboxylic acids is 1. The van der Waals surface area contributed by atoms with E-state index in [0.717, 1.165) is 0 Å². The van der Waals surface area contributed by atoms with Crippen LogP contribution >= 0.6 is 23.2 Å². The lowest BCUT2D eigenvalue weighted by atomic mass is 10.1. The van der Waals surface area contributed by atoms with Crippen LogP contribution in [0.1, 0.15) is 24.2 Å². The molecule has 3 nitrogen and oxygen atoms in total. The Morgan fingerprint density at radius 2 is 2.11 bits per heavy atom. The van der Waals surface area contributed by atoms with E-state index in [-0.39, 0.29) is 11.8 Å². The van der Waals surface area contributed by atoms with Gasteiger partial charge in [0.05, 0.1) is 22.0 Å². The molecule has 0 fully saturated rings. The fourth-order valence-corrected chi connectivity index (χ4v) is 1.84. The highest BCUT2D eigenvalue weighted by Crippen LogP contribution is 2.23. The van der Waals surface area contributed by atoms with Gasteiger partial charge in [0, 0.05) is 18.7 Å². The summed E-state index contributed by atoms with van der Waals surface area (Å²) >= 11 is 11.7. The van der Waals surface area contributed by atoms with Gasteiger partial charge in [-0.3, -0.25) is 4.79 Å². The molecule has 0 radical (unpaired) electrons. The molecule has 0 aromatic heterocycles. The van der Waals surface area contributed by atoms with Crippen LogP contribution in [-0.4, -0.2) is 23.9 Å². The van der Waals surface area contributed by atoms with Gasteiger partial charge < -0.3 is 4.90 Å². The molecule has 0 aliphatic rings. The fraction of sp³-hybridized carbons (Fsp3) is 0.385. The molecule has 0 aliphatic heterocycles. The van der Waals surface area contributed by atoms with Crippen molar-refractivity contribution in [2.24, 2.45) is 5.92 Å². The van der Waals surface area contributed by atoms with Gasteiger partial charge in [-0.05, 0) is 32.0 Å². The minimum Gasteiger partial charge on any atom is -0.338 e. The number of carbonyl (C=O) groups is 1. The van der Waals surface area contributed by atoms with Gasteiger partial charge >= 0.3 is 0 Å². The average Bonchev–Trinajstić information content (AvgIpc) is 2.38. The molecule has 1 aromatic rings. The van der Waals surface area contributed by atoms with Crippen molar-refractivity contribution in [1.82, 2.24) is 4.90 Å². The maximum absolute atomic E-state index is 12.2. The summed E-state index contributed by atoms with van der Waals surface area (Å²) in [5, 5.41) is 9.56. The van der Waals surface area contributed by atoms with E-state index in [9.17, 15) is 4.79 Å². The number of nitrogens with zero attached hydrogens (tertiary/aromatic N) is 2. The first-order valence-electron chi connectivity index (χ1n) is 5.63. The van der Waals surface area contributed by atoms with Crippen LogP contribution in [-0.2, 0) is 0 Å². The summed E-state index contributed by atoms with van der Waals surface area (Å²) in [7, 11) is 0. The smallest absolute Gasteiger partial charge is 0.253 e. The molecular weight excluding hydrogens is 271 g/mol. The lowest BCUT2D eigenvalue weighted by Crippen LogP contribution is -2.34. The van der Waals surface area contributed by atoms with Crippen LogP contribution in [0.4, 0.5) is 0 Å². The Kier molecular flexibility index (Phi) is 5.46. The fourth-order valence-electron chi connectivity index (χ4n) is 1.54. The van der Waals surface area contributed by atoms with Gasteiger partial charge in [-0.25, -0.2) is 0 Å². The van der Waals surface area contributed by atoms with Crippen molar-refractivity contribution in [3.8, 4) is 6.07 Å². The maximum Gasteiger partial charge on any atom is 0.253 e. The van der Waals surface area contributed by atoms with Gasteiger partial charge in [-0.15, -0.1) is 0 Å². The van der Waals surface area contributed by atoms with Crippen molar-refractivity contribution in [2.75, 3.05) is 13.1 Å². The molecule has 1 unspecified atom stereocenters. The molecule has 0 heterocycles. The molecule has 1 aromatic carbocycles. The molecule has 0 aliphatic carbocycles. The number of amides is 1. The normalized spacial score (nSPS) is 11.7. The predicted octanol–water partition coefficient (Wildman–Crippen LogP) is 3.62. The molecule has 1 atom stereocenters. The molecular formula is C13H14Cl2N2O. The van der Waals surface area contributed by atoms with E-state index in [1.165, 1.54) is 0 Å². The topological polar surface area (TPSA) is 44.1 Å². The molecule has 0 spiro atoms. The Hall–Kier alpha value is -1.24. The number of nitriles is 1. The van der Waals surface area contributed by atoms with Crippen LogP contribution in [0.5, 0.6) is 0 Å². The van der Waals surface area contributed by atoms with E-state index in [1.54, 1.807) is 30.0 Å². The van der Waals surface area contributed by atoms with E-state index >= 15 is 0 Å². The summed E-state index contributed by atoms with van der Waals surface area (Å²) in [5.74, 6) is -0.338. The first kappa shape index (κ1) is 14.8. The highest BCUT2D eigenvalue weighted by atomic mass is 35.5. The SMILES string of the molecule is CCN(CC(C)C#N)C(=O)c1ccc(Cl)c(Cl)c1. The minimum atomic E-state index is -0.198. The summed E-state index contributed by atoms with van der Waals surface area (Å²) in [4.78, 5) is 13.8. The summed E-state index contributed by atoms with van der Waals surface area (Å²) < 4.78 is 0. The van der Waals surface area contributed by atoms with Gasteiger partial charge in [0.15, 0.2) is 0 Å². The van der Waals surface area contributed by atoms with Crippen LogP contribution in [0.15, 0.2) is 18.2 Å². The Morgan fingerprint density at radius 1 is 1.44 bits per heavy atom. The molecule has 96 valence electrons. The Labute approximate surface area is 117 Å². The second kappa shape index (κ2) is 6.63. The Bertz CT molecular complexity index is 482. The first-order valence-corrected chi connectivity index (χ1v) is 6.39. The van der Waals surface area contributed by atoms with Gasteiger partial charge in [-0.1, -0.05) is 23.2 Å². The summed E-state index contributed by atoms with van der Waals surface area (Å²) in [5.41, 5.74) is 0.483. The third-order valence-electron chi connectivity index (χ3n) is 2.55. The van der Waals surface area contributed by atoms with E-state index < -0.39 is 0 Å². The quantitative estimate of drug-likeness (QED) is 0.848. The number of hydrogen-bond donors (Lipinski definition) is 0. The number of halogens is 2. The largest absolute Gasteiger partial charge is 0.338 e. The van der Waals surface area contributed by atoms with Gasteiger partial charge in [0.2, 0.25) is 0 Å². The van der Waals surface area contributed by atoms with Crippen molar-refractivity contribution in [3.05, 3.63) is 33.8 Å². The lowest BCUT2D eigenvalue weighted by Gasteiger charge is -2.22. The van der Waals surface area contributed by atoms with E-state index in [1.807, 2.05) is 6.92 Å². The van der Waals surface area contributed by atoms with Crippen molar-refractivity contribution in [2.45, 2.75) is 13.8 Å². The summed E-state index contributed by atoms with van der Waals surface area (Å²) in [6.45, 7) is 4.61. The monoisotopic (exact) mass is 284 g/mol. The van der Waals surface area contributed by atoms with Crippen LogP contribution in [0.3, 0.4) is 0 Å². The Morgan fingerprint density at radius 3 is 2.61 bits per heavy atom. The minimum absolute atomic E-state index is 0.141. The second-order valence-corrected chi connectivity index (χ2v) is 4.82. The zero-order valence-electron chi connectivity index (χ0n) is 10.3. The second-order valence-electron chi connectivity index (χ2n) is 4.00.